The molecule has 3 heterocycles. The molecule has 3 aliphatic heterocycles. The summed E-state index contributed by atoms with van der Waals surface area (Å²) in [5.41, 5.74) is 1.43. The van der Waals surface area contributed by atoms with Gasteiger partial charge >= 0.3 is 0 Å². The average Bonchev–Trinajstić information content (AvgIpc) is 2.97. The SMILES string of the molecule is O=C1COC(Cc2ccc(F)cc2)C2N=CC=C3NCCC132. The van der Waals surface area contributed by atoms with Crippen molar-refractivity contribution in [3.8, 4) is 0 Å². The van der Waals surface area contributed by atoms with Gasteiger partial charge in [0.05, 0.1) is 17.6 Å². The molecule has 22 heavy (non-hydrogen) atoms. The monoisotopic (exact) mass is 300 g/mol. The number of nitrogens with zero attached hydrogens (tertiary/aromatic N) is 1. The van der Waals surface area contributed by atoms with E-state index < -0.39 is 5.41 Å². The molecular weight excluding hydrogens is 283 g/mol. The number of carbonyl (C=O) groups is 1. The molecular formula is C17H17FN2O2. The number of allylic oxidation sites excluding steroid dienone is 1. The van der Waals surface area contributed by atoms with Crippen LogP contribution in [0.15, 0.2) is 41.0 Å². The topological polar surface area (TPSA) is 50.7 Å². The minimum Gasteiger partial charge on any atom is -0.387 e. The van der Waals surface area contributed by atoms with Gasteiger partial charge in [-0.2, -0.15) is 0 Å². The van der Waals surface area contributed by atoms with Crippen LogP contribution in [0.1, 0.15) is 12.0 Å². The number of hydrogen-bond donors (Lipinski definition) is 1. The average molecular weight is 300 g/mol. The summed E-state index contributed by atoms with van der Waals surface area (Å²) in [5, 5.41) is 3.31. The van der Waals surface area contributed by atoms with Gasteiger partial charge in [-0.15, -0.1) is 0 Å². The first-order valence-electron chi connectivity index (χ1n) is 7.57. The molecule has 1 N–H and O–H groups in total. The van der Waals surface area contributed by atoms with E-state index in [0.29, 0.717) is 6.42 Å². The van der Waals surface area contributed by atoms with Crippen molar-refractivity contribution in [1.82, 2.24) is 5.32 Å². The molecule has 0 bridgehead atoms. The van der Waals surface area contributed by atoms with Crippen LogP contribution >= 0.6 is 0 Å². The first kappa shape index (κ1) is 13.6. The van der Waals surface area contributed by atoms with Crippen molar-refractivity contribution >= 4 is 12.0 Å². The summed E-state index contributed by atoms with van der Waals surface area (Å²) in [5.74, 6) is -0.137. The third kappa shape index (κ3) is 1.92. The smallest absolute Gasteiger partial charge is 0.172 e. The molecule has 4 nitrogen and oxygen atoms in total. The van der Waals surface area contributed by atoms with Crippen molar-refractivity contribution in [1.29, 1.82) is 0 Å². The minimum atomic E-state index is -0.544. The number of ether oxygens (including phenoxy) is 1. The zero-order chi connectivity index (χ0) is 15.2. The van der Waals surface area contributed by atoms with Crippen LogP contribution < -0.4 is 5.32 Å². The number of nitrogens with one attached hydrogen (secondary N) is 1. The summed E-state index contributed by atoms with van der Waals surface area (Å²) < 4.78 is 18.8. The van der Waals surface area contributed by atoms with E-state index in [9.17, 15) is 9.18 Å². The molecule has 0 aromatic heterocycles. The molecule has 3 unspecified atom stereocenters. The molecule has 5 heteroatoms. The molecule has 0 aliphatic carbocycles. The molecule has 1 aromatic carbocycles. The van der Waals surface area contributed by atoms with Crippen molar-refractivity contribution < 1.29 is 13.9 Å². The normalized spacial score (nSPS) is 33.0. The summed E-state index contributed by atoms with van der Waals surface area (Å²) in [4.78, 5) is 17.1. The predicted octanol–water partition coefficient (Wildman–Crippen LogP) is 1.65. The number of carbonyl (C=O) groups excluding carboxylic acids is 1. The summed E-state index contributed by atoms with van der Waals surface area (Å²) in [7, 11) is 0. The van der Waals surface area contributed by atoms with Crippen LogP contribution in [0.4, 0.5) is 4.39 Å². The molecule has 2 fully saturated rings. The number of Topliss-reactive ketones (excluding diaryl/α,β-unsaturated/α-hetero) is 1. The summed E-state index contributed by atoms with van der Waals surface area (Å²) in [6, 6.07) is 6.22. The number of hydrogen-bond acceptors (Lipinski definition) is 4. The Hall–Kier alpha value is -2.01. The second-order valence-corrected chi connectivity index (χ2v) is 6.07. The van der Waals surface area contributed by atoms with E-state index in [2.05, 4.69) is 10.3 Å². The van der Waals surface area contributed by atoms with Crippen molar-refractivity contribution in [3.63, 3.8) is 0 Å². The molecule has 3 atom stereocenters. The van der Waals surface area contributed by atoms with Gasteiger partial charge in [-0.3, -0.25) is 9.79 Å². The highest BCUT2D eigenvalue weighted by atomic mass is 19.1. The Bertz CT molecular complexity index is 668. The van der Waals surface area contributed by atoms with Gasteiger partial charge in [0, 0.05) is 24.9 Å². The second-order valence-electron chi connectivity index (χ2n) is 6.07. The fourth-order valence-electron chi connectivity index (χ4n) is 3.83. The predicted molar refractivity (Wildman–Crippen MR) is 80.3 cm³/mol. The molecule has 0 amide bonds. The fourth-order valence-corrected chi connectivity index (χ4v) is 3.83. The van der Waals surface area contributed by atoms with Gasteiger partial charge in [0.25, 0.3) is 0 Å². The molecule has 1 aromatic rings. The summed E-state index contributed by atoms with van der Waals surface area (Å²) >= 11 is 0. The Balaban J connectivity index is 1.65. The maximum Gasteiger partial charge on any atom is 0.172 e. The standard InChI is InChI=1S/C17H17FN2O2/c18-12-3-1-11(2-4-12)9-13-16-17(15(21)10-22-13)6-8-19-14(17)5-7-20-16/h1-5,7,13,16,19H,6,8-10H2. The van der Waals surface area contributed by atoms with Crippen LogP contribution in [0, 0.1) is 11.2 Å². The number of benzene rings is 1. The van der Waals surface area contributed by atoms with E-state index in [4.69, 9.17) is 4.74 Å². The van der Waals surface area contributed by atoms with Crippen LogP contribution in [0.25, 0.3) is 0 Å². The number of rotatable bonds is 2. The van der Waals surface area contributed by atoms with E-state index in [1.807, 2.05) is 6.08 Å². The molecule has 2 saturated heterocycles. The number of aliphatic imine (C=N–C) groups is 1. The highest BCUT2D eigenvalue weighted by Gasteiger charge is 2.57. The molecule has 1 spiro atoms. The zero-order valence-corrected chi connectivity index (χ0v) is 12.1. The zero-order valence-electron chi connectivity index (χ0n) is 12.1. The van der Waals surface area contributed by atoms with Gasteiger partial charge in [-0.05, 0) is 30.2 Å². The molecule has 0 radical (unpaired) electrons. The van der Waals surface area contributed by atoms with Crippen LogP contribution in [-0.2, 0) is 16.0 Å². The molecule has 3 aliphatic rings. The Morgan fingerprint density at radius 1 is 1.36 bits per heavy atom. The van der Waals surface area contributed by atoms with Gasteiger partial charge in [-0.1, -0.05) is 12.1 Å². The minimum absolute atomic E-state index is 0.112. The Morgan fingerprint density at radius 2 is 2.18 bits per heavy atom. The van der Waals surface area contributed by atoms with Crippen LogP contribution in [0.5, 0.6) is 0 Å². The Labute approximate surface area is 128 Å². The third-order valence-corrected chi connectivity index (χ3v) is 4.94. The lowest BCUT2D eigenvalue weighted by molar-refractivity contribution is -0.146. The van der Waals surface area contributed by atoms with Crippen molar-refractivity contribution in [2.24, 2.45) is 10.4 Å². The number of halogens is 1. The third-order valence-electron chi connectivity index (χ3n) is 4.94. The lowest BCUT2D eigenvalue weighted by Gasteiger charge is -2.44. The van der Waals surface area contributed by atoms with E-state index in [0.717, 1.165) is 24.2 Å². The maximum atomic E-state index is 13.0. The van der Waals surface area contributed by atoms with Crippen LogP contribution in [-0.4, -0.2) is 37.3 Å². The van der Waals surface area contributed by atoms with Gasteiger partial charge in [0.2, 0.25) is 0 Å². The van der Waals surface area contributed by atoms with E-state index in [1.165, 1.54) is 12.1 Å². The molecule has 114 valence electrons. The van der Waals surface area contributed by atoms with Gasteiger partial charge in [0.15, 0.2) is 5.78 Å². The van der Waals surface area contributed by atoms with Gasteiger partial charge in [-0.25, -0.2) is 4.39 Å². The van der Waals surface area contributed by atoms with E-state index >= 15 is 0 Å². The first-order chi connectivity index (χ1) is 10.7. The van der Waals surface area contributed by atoms with Crippen LogP contribution in [0.3, 0.4) is 0 Å². The highest BCUT2D eigenvalue weighted by Crippen LogP contribution is 2.46. The fraction of sp³-hybridized carbons (Fsp3) is 0.412. The van der Waals surface area contributed by atoms with Crippen molar-refractivity contribution in [3.05, 3.63) is 47.4 Å². The van der Waals surface area contributed by atoms with E-state index in [1.54, 1.807) is 18.3 Å². The summed E-state index contributed by atoms with van der Waals surface area (Å²) in [6.45, 7) is 0.914. The van der Waals surface area contributed by atoms with E-state index in [-0.39, 0.29) is 30.4 Å². The quantitative estimate of drug-likeness (QED) is 0.903. The number of ketones is 1. The largest absolute Gasteiger partial charge is 0.387 e. The second kappa shape index (κ2) is 5.02. The van der Waals surface area contributed by atoms with Crippen molar-refractivity contribution in [2.45, 2.75) is 25.0 Å². The summed E-state index contributed by atoms with van der Waals surface area (Å²) in [6.07, 6.45) is 4.90. The molecule has 4 rings (SSSR count). The van der Waals surface area contributed by atoms with Crippen LogP contribution in [0.2, 0.25) is 0 Å². The maximum absolute atomic E-state index is 13.0. The van der Waals surface area contributed by atoms with Gasteiger partial charge < -0.3 is 10.1 Å². The van der Waals surface area contributed by atoms with Crippen molar-refractivity contribution in [2.75, 3.05) is 13.2 Å². The highest BCUT2D eigenvalue weighted by molar-refractivity contribution is 5.94. The lowest BCUT2D eigenvalue weighted by Crippen LogP contribution is -2.56. The van der Waals surface area contributed by atoms with Gasteiger partial charge in [0.1, 0.15) is 12.4 Å². The Morgan fingerprint density at radius 3 is 3.00 bits per heavy atom. The lowest BCUT2D eigenvalue weighted by atomic mass is 9.68. The number of dihydropyridines is 1. The Kier molecular flexibility index (Phi) is 3.11. The first-order valence-corrected chi connectivity index (χ1v) is 7.57. The molecule has 0 saturated carbocycles.